The summed E-state index contributed by atoms with van der Waals surface area (Å²) >= 11 is 5.73. The van der Waals surface area contributed by atoms with Crippen LogP contribution in [0.2, 0.25) is 5.15 Å². The second-order valence-electron chi connectivity index (χ2n) is 6.09. The van der Waals surface area contributed by atoms with E-state index >= 15 is 0 Å². The summed E-state index contributed by atoms with van der Waals surface area (Å²) in [6.07, 6.45) is 6.52. The Bertz CT molecular complexity index is 555. The van der Waals surface area contributed by atoms with E-state index in [2.05, 4.69) is 10.3 Å². The molecule has 3 rings (SSSR count). The summed E-state index contributed by atoms with van der Waals surface area (Å²) in [5.41, 5.74) is 0.898. The summed E-state index contributed by atoms with van der Waals surface area (Å²) in [5.74, 6) is -0.155. The zero-order chi connectivity index (χ0) is 15.5. The predicted octanol–water partition coefficient (Wildman–Crippen LogP) is 2.14. The summed E-state index contributed by atoms with van der Waals surface area (Å²) in [7, 11) is 0. The molecule has 2 fully saturated rings. The highest BCUT2D eigenvalue weighted by Gasteiger charge is 2.38. The van der Waals surface area contributed by atoms with Crippen LogP contribution in [0.4, 0.5) is 0 Å². The molecule has 22 heavy (non-hydrogen) atoms. The van der Waals surface area contributed by atoms with Crippen molar-refractivity contribution in [2.24, 2.45) is 5.92 Å². The van der Waals surface area contributed by atoms with Crippen LogP contribution < -0.4 is 5.32 Å². The zero-order valence-corrected chi connectivity index (χ0v) is 13.2. The fraction of sp³-hybridized carbons (Fsp3) is 0.562. The first-order valence-electron chi connectivity index (χ1n) is 7.81. The van der Waals surface area contributed by atoms with Crippen LogP contribution in [0.5, 0.6) is 0 Å². The Morgan fingerprint density at radius 1 is 1.36 bits per heavy atom. The van der Waals surface area contributed by atoms with Gasteiger partial charge in [-0.1, -0.05) is 30.5 Å². The molecule has 2 amide bonds. The molecule has 2 heterocycles. The van der Waals surface area contributed by atoms with Gasteiger partial charge in [0.2, 0.25) is 11.8 Å². The molecular formula is C16H20ClN3O2. The fourth-order valence-electron chi connectivity index (χ4n) is 3.32. The SMILES string of the molecule is O=C(NCc1ccc(Cl)nc1)C1CC(=O)N(C2CCCC2)C1. The molecule has 1 aliphatic carbocycles. The summed E-state index contributed by atoms with van der Waals surface area (Å²) < 4.78 is 0. The lowest BCUT2D eigenvalue weighted by molar-refractivity contribution is -0.130. The maximum atomic E-state index is 12.3. The number of nitrogens with zero attached hydrogens (tertiary/aromatic N) is 2. The van der Waals surface area contributed by atoms with Crippen LogP contribution in [0, 0.1) is 5.92 Å². The van der Waals surface area contributed by atoms with E-state index in [1.807, 2.05) is 11.0 Å². The Kier molecular flexibility index (Phi) is 4.62. The smallest absolute Gasteiger partial charge is 0.225 e. The van der Waals surface area contributed by atoms with Crippen LogP contribution in [0.25, 0.3) is 0 Å². The number of nitrogens with one attached hydrogen (secondary N) is 1. The summed E-state index contributed by atoms with van der Waals surface area (Å²) in [5, 5.41) is 3.33. The average molecular weight is 322 g/mol. The summed E-state index contributed by atoms with van der Waals surface area (Å²) in [6.45, 7) is 0.978. The second kappa shape index (κ2) is 6.65. The molecule has 1 saturated carbocycles. The van der Waals surface area contributed by atoms with Gasteiger partial charge in [-0.15, -0.1) is 0 Å². The van der Waals surface area contributed by atoms with Crippen LogP contribution in [0.15, 0.2) is 18.3 Å². The third-order valence-corrected chi connectivity index (χ3v) is 4.77. The van der Waals surface area contributed by atoms with Gasteiger partial charge in [0.05, 0.1) is 5.92 Å². The monoisotopic (exact) mass is 321 g/mol. The zero-order valence-electron chi connectivity index (χ0n) is 12.4. The van der Waals surface area contributed by atoms with Crippen molar-refractivity contribution in [1.29, 1.82) is 0 Å². The van der Waals surface area contributed by atoms with Gasteiger partial charge in [0, 0.05) is 31.7 Å². The third kappa shape index (κ3) is 3.40. The highest BCUT2D eigenvalue weighted by Crippen LogP contribution is 2.29. The van der Waals surface area contributed by atoms with Crippen molar-refractivity contribution in [2.45, 2.75) is 44.7 Å². The average Bonchev–Trinajstić information content (AvgIpc) is 3.15. The van der Waals surface area contributed by atoms with E-state index in [1.54, 1.807) is 12.3 Å². The van der Waals surface area contributed by atoms with Gasteiger partial charge in [0.25, 0.3) is 0 Å². The number of hydrogen-bond donors (Lipinski definition) is 1. The Morgan fingerprint density at radius 2 is 2.14 bits per heavy atom. The van der Waals surface area contributed by atoms with Crippen molar-refractivity contribution in [3.8, 4) is 0 Å². The number of rotatable bonds is 4. The Balaban J connectivity index is 1.52. The first kappa shape index (κ1) is 15.3. The number of amides is 2. The lowest BCUT2D eigenvalue weighted by Crippen LogP contribution is -2.36. The van der Waals surface area contributed by atoms with Crippen LogP contribution in [0.3, 0.4) is 0 Å². The molecule has 2 aliphatic rings. The van der Waals surface area contributed by atoms with Gasteiger partial charge in [-0.25, -0.2) is 4.98 Å². The van der Waals surface area contributed by atoms with E-state index in [-0.39, 0.29) is 17.7 Å². The predicted molar refractivity (Wildman–Crippen MR) is 83.2 cm³/mol. The molecule has 1 aliphatic heterocycles. The van der Waals surface area contributed by atoms with Crippen LogP contribution in [0.1, 0.15) is 37.7 Å². The number of hydrogen-bond acceptors (Lipinski definition) is 3. The Morgan fingerprint density at radius 3 is 2.82 bits per heavy atom. The van der Waals surface area contributed by atoms with Crippen molar-refractivity contribution in [1.82, 2.24) is 15.2 Å². The van der Waals surface area contributed by atoms with Crippen molar-refractivity contribution in [3.05, 3.63) is 29.0 Å². The van der Waals surface area contributed by atoms with Crippen molar-refractivity contribution in [3.63, 3.8) is 0 Å². The Labute approximate surface area is 135 Å². The number of halogens is 1. The van der Waals surface area contributed by atoms with Gasteiger partial charge in [0.15, 0.2) is 0 Å². The lowest BCUT2D eigenvalue weighted by atomic mass is 10.1. The first-order chi connectivity index (χ1) is 10.6. The van der Waals surface area contributed by atoms with Gasteiger partial charge >= 0.3 is 0 Å². The molecule has 1 atom stereocenters. The number of pyridine rings is 1. The van der Waals surface area contributed by atoms with Crippen LogP contribution >= 0.6 is 11.6 Å². The number of aromatic nitrogens is 1. The van der Waals surface area contributed by atoms with Gasteiger partial charge in [-0.05, 0) is 24.5 Å². The molecule has 0 aromatic carbocycles. The quantitative estimate of drug-likeness (QED) is 0.864. The number of carbonyl (C=O) groups excluding carboxylic acids is 2. The summed E-state index contributed by atoms with van der Waals surface area (Å²) in [4.78, 5) is 30.3. The molecule has 6 heteroatoms. The number of carbonyl (C=O) groups is 2. The summed E-state index contributed by atoms with van der Waals surface area (Å²) in [6, 6.07) is 3.88. The molecule has 1 aromatic heterocycles. The lowest BCUT2D eigenvalue weighted by Gasteiger charge is -2.23. The Hall–Kier alpha value is -1.62. The molecule has 1 saturated heterocycles. The molecule has 0 spiro atoms. The highest BCUT2D eigenvalue weighted by atomic mass is 35.5. The van der Waals surface area contributed by atoms with E-state index in [0.717, 1.165) is 18.4 Å². The second-order valence-corrected chi connectivity index (χ2v) is 6.48. The van der Waals surface area contributed by atoms with Crippen LogP contribution in [-0.4, -0.2) is 34.3 Å². The molecular weight excluding hydrogens is 302 g/mol. The third-order valence-electron chi connectivity index (χ3n) is 4.55. The van der Waals surface area contributed by atoms with Crippen molar-refractivity contribution < 1.29 is 9.59 Å². The molecule has 118 valence electrons. The standard InChI is InChI=1S/C16H20ClN3O2/c17-14-6-5-11(8-18-14)9-19-16(22)12-7-15(21)20(10-12)13-3-1-2-4-13/h5-6,8,12-13H,1-4,7,9-10H2,(H,19,22). The van der Waals surface area contributed by atoms with Gasteiger partial charge in [-0.3, -0.25) is 9.59 Å². The van der Waals surface area contributed by atoms with E-state index in [4.69, 9.17) is 11.6 Å². The molecule has 0 bridgehead atoms. The van der Waals surface area contributed by atoms with Gasteiger partial charge < -0.3 is 10.2 Å². The number of likely N-dealkylation sites (tertiary alicyclic amines) is 1. The largest absolute Gasteiger partial charge is 0.352 e. The van der Waals surface area contributed by atoms with Crippen molar-refractivity contribution >= 4 is 23.4 Å². The molecule has 5 nitrogen and oxygen atoms in total. The molecule has 1 aromatic rings. The highest BCUT2D eigenvalue weighted by molar-refractivity contribution is 6.29. The normalized spacial score (nSPS) is 22.3. The molecule has 1 unspecified atom stereocenters. The van der Waals surface area contributed by atoms with E-state index in [0.29, 0.717) is 30.7 Å². The molecule has 0 radical (unpaired) electrons. The van der Waals surface area contributed by atoms with E-state index in [1.165, 1.54) is 12.8 Å². The van der Waals surface area contributed by atoms with Crippen LogP contribution in [-0.2, 0) is 16.1 Å². The maximum absolute atomic E-state index is 12.3. The van der Waals surface area contributed by atoms with Gasteiger partial charge in [0.1, 0.15) is 5.15 Å². The molecule has 1 N–H and O–H groups in total. The van der Waals surface area contributed by atoms with Crippen molar-refractivity contribution in [2.75, 3.05) is 6.54 Å². The first-order valence-corrected chi connectivity index (χ1v) is 8.19. The minimum absolute atomic E-state index is 0.0520. The minimum atomic E-state index is -0.228. The minimum Gasteiger partial charge on any atom is -0.352 e. The fourth-order valence-corrected chi connectivity index (χ4v) is 3.43. The van der Waals surface area contributed by atoms with Gasteiger partial charge in [-0.2, -0.15) is 0 Å². The van der Waals surface area contributed by atoms with E-state index < -0.39 is 0 Å². The maximum Gasteiger partial charge on any atom is 0.225 e. The topological polar surface area (TPSA) is 62.3 Å². The van der Waals surface area contributed by atoms with E-state index in [9.17, 15) is 9.59 Å².